The maximum atomic E-state index is 5.73. The van der Waals surface area contributed by atoms with Crippen LogP contribution in [0.25, 0.3) is 0 Å². The minimum atomic E-state index is 0.0430. The Hall–Kier alpha value is -1.06. The highest BCUT2D eigenvalue weighted by atomic mass is 16.5. The molecule has 0 unspecified atom stereocenters. The van der Waals surface area contributed by atoms with Crippen molar-refractivity contribution in [2.75, 3.05) is 13.2 Å². The Morgan fingerprint density at radius 2 is 2.23 bits per heavy atom. The van der Waals surface area contributed by atoms with Crippen molar-refractivity contribution in [3.05, 3.63) is 29.8 Å². The Kier molecular flexibility index (Phi) is 3.73. The van der Waals surface area contributed by atoms with Crippen molar-refractivity contribution in [1.82, 2.24) is 0 Å². The fourth-order valence-corrected chi connectivity index (χ4v) is 1.06. The molecular formula is C10H16N2O. The highest BCUT2D eigenvalue weighted by Crippen LogP contribution is 2.17. The van der Waals surface area contributed by atoms with Crippen LogP contribution in [-0.2, 0) is 0 Å². The van der Waals surface area contributed by atoms with Crippen LogP contribution in [0.5, 0.6) is 5.75 Å². The lowest BCUT2D eigenvalue weighted by atomic mass is 10.1. The minimum absolute atomic E-state index is 0.0430. The number of rotatable bonds is 4. The van der Waals surface area contributed by atoms with Gasteiger partial charge in [-0.15, -0.1) is 0 Å². The molecule has 0 radical (unpaired) electrons. The maximum Gasteiger partial charge on any atom is 0.119 e. The predicted molar refractivity (Wildman–Crippen MR) is 53.6 cm³/mol. The molecule has 3 nitrogen and oxygen atoms in total. The fourth-order valence-electron chi connectivity index (χ4n) is 1.06. The second kappa shape index (κ2) is 4.84. The van der Waals surface area contributed by atoms with Gasteiger partial charge in [0.25, 0.3) is 0 Å². The summed E-state index contributed by atoms with van der Waals surface area (Å²) in [5, 5.41) is 0. The lowest BCUT2D eigenvalue weighted by Crippen LogP contribution is -2.11. The minimum Gasteiger partial charge on any atom is -0.492 e. The Morgan fingerprint density at radius 3 is 2.85 bits per heavy atom. The van der Waals surface area contributed by atoms with Crippen molar-refractivity contribution >= 4 is 0 Å². The molecule has 0 aliphatic carbocycles. The summed E-state index contributed by atoms with van der Waals surface area (Å²) in [6.07, 6.45) is 0. The lowest BCUT2D eigenvalue weighted by Gasteiger charge is -2.08. The Labute approximate surface area is 78.7 Å². The van der Waals surface area contributed by atoms with E-state index < -0.39 is 0 Å². The van der Waals surface area contributed by atoms with Crippen molar-refractivity contribution in [3.8, 4) is 5.75 Å². The van der Waals surface area contributed by atoms with Crippen molar-refractivity contribution < 1.29 is 4.74 Å². The van der Waals surface area contributed by atoms with Gasteiger partial charge in [0.05, 0.1) is 0 Å². The second-order valence-corrected chi connectivity index (χ2v) is 3.00. The van der Waals surface area contributed by atoms with Gasteiger partial charge in [0.2, 0.25) is 0 Å². The zero-order chi connectivity index (χ0) is 9.68. The molecule has 0 heterocycles. The standard InChI is InChI=1S/C10H16N2O/c1-8(12)9-3-2-4-10(7-9)13-6-5-11/h2-4,7-8H,5-6,11-12H2,1H3/t8-/m1/s1. The molecule has 0 spiro atoms. The summed E-state index contributed by atoms with van der Waals surface area (Å²) in [7, 11) is 0. The molecule has 0 aromatic heterocycles. The van der Waals surface area contributed by atoms with Crippen LogP contribution in [0.4, 0.5) is 0 Å². The number of benzene rings is 1. The maximum absolute atomic E-state index is 5.73. The third-order valence-electron chi connectivity index (χ3n) is 1.77. The van der Waals surface area contributed by atoms with Crippen LogP contribution in [0.2, 0.25) is 0 Å². The molecule has 0 bridgehead atoms. The third kappa shape index (κ3) is 3.05. The van der Waals surface area contributed by atoms with E-state index in [0.717, 1.165) is 11.3 Å². The molecular weight excluding hydrogens is 164 g/mol. The summed E-state index contributed by atoms with van der Waals surface area (Å²) >= 11 is 0. The van der Waals surface area contributed by atoms with Crippen LogP contribution in [0.3, 0.4) is 0 Å². The summed E-state index contributed by atoms with van der Waals surface area (Å²) in [6.45, 7) is 3.02. The average molecular weight is 180 g/mol. The summed E-state index contributed by atoms with van der Waals surface area (Å²) in [5.74, 6) is 0.834. The molecule has 0 fully saturated rings. The van der Waals surface area contributed by atoms with Crippen LogP contribution in [0.1, 0.15) is 18.5 Å². The first-order valence-corrected chi connectivity index (χ1v) is 4.42. The zero-order valence-electron chi connectivity index (χ0n) is 7.86. The highest BCUT2D eigenvalue weighted by Gasteiger charge is 2.00. The van der Waals surface area contributed by atoms with Gasteiger partial charge in [0, 0.05) is 12.6 Å². The molecule has 1 aromatic rings. The molecule has 1 atom stereocenters. The summed E-state index contributed by atoms with van der Waals surface area (Å²) in [4.78, 5) is 0. The van der Waals surface area contributed by atoms with E-state index in [-0.39, 0.29) is 6.04 Å². The van der Waals surface area contributed by atoms with Gasteiger partial charge >= 0.3 is 0 Å². The van der Waals surface area contributed by atoms with Gasteiger partial charge in [-0.05, 0) is 24.6 Å². The number of hydrogen-bond donors (Lipinski definition) is 2. The van der Waals surface area contributed by atoms with E-state index in [4.69, 9.17) is 16.2 Å². The van der Waals surface area contributed by atoms with Crippen LogP contribution < -0.4 is 16.2 Å². The van der Waals surface area contributed by atoms with Crippen LogP contribution in [-0.4, -0.2) is 13.2 Å². The molecule has 1 aromatic carbocycles. The molecule has 1 rings (SSSR count). The van der Waals surface area contributed by atoms with Crippen LogP contribution in [0, 0.1) is 0 Å². The van der Waals surface area contributed by atoms with Crippen LogP contribution in [0.15, 0.2) is 24.3 Å². The topological polar surface area (TPSA) is 61.3 Å². The monoisotopic (exact) mass is 180 g/mol. The van der Waals surface area contributed by atoms with E-state index in [2.05, 4.69) is 0 Å². The fraction of sp³-hybridized carbons (Fsp3) is 0.400. The smallest absolute Gasteiger partial charge is 0.119 e. The predicted octanol–water partition coefficient (Wildman–Crippen LogP) is 1.04. The van der Waals surface area contributed by atoms with Crippen molar-refractivity contribution in [2.24, 2.45) is 11.5 Å². The highest BCUT2D eigenvalue weighted by molar-refractivity contribution is 5.30. The largest absolute Gasteiger partial charge is 0.492 e. The van der Waals surface area contributed by atoms with E-state index >= 15 is 0 Å². The Bertz CT molecular complexity index is 261. The molecule has 0 saturated carbocycles. The van der Waals surface area contributed by atoms with Gasteiger partial charge in [-0.25, -0.2) is 0 Å². The molecule has 0 saturated heterocycles. The first kappa shape index (κ1) is 10.0. The van der Waals surface area contributed by atoms with Gasteiger partial charge in [0.1, 0.15) is 12.4 Å². The van der Waals surface area contributed by atoms with Crippen molar-refractivity contribution in [1.29, 1.82) is 0 Å². The van der Waals surface area contributed by atoms with E-state index in [1.54, 1.807) is 0 Å². The summed E-state index contributed by atoms with van der Waals surface area (Å²) in [5.41, 5.74) is 12.1. The lowest BCUT2D eigenvalue weighted by molar-refractivity contribution is 0.328. The number of ether oxygens (including phenoxy) is 1. The van der Waals surface area contributed by atoms with E-state index in [1.807, 2.05) is 31.2 Å². The Balaban J connectivity index is 2.68. The summed E-state index contributed by atoms with van der Waals surface area (Å²) in [6, 6.07) is 7.81. The van der Waals surface area contributed by atoms with Gasteiger partial charge in [-0.3, -0.25) is 0 Å². The summed E-state index contributed by atoms with van der Waals surface area (Å²) < 4.78 is 5.37. The molecule has 4 N–H and O–H groups in total. The number of hydrogen-bond acceptors (Lipinski definition) is 3. The van der Waals surface area contributed by atoms with Crippen molar-refractivity contribution in [2.45, 2.75) is 13.0 Å². The Morgan fingerprint density at radius 1 is 1.46 bits per heavy atom. The van der Waals surface area contributed by atoms with Gasteiger partial charge in [0.15, 0.2) is 0 Å². The molecule has 72 valence electrons. The molecule has 0 aliphatic rings. The quantitative estimate of drug-likeness (QED) is 0.728. The first-order chi connectivity index (χ1) is 6.24. The van der Waals surface area contributed by atoms with E-state index in [1.165, 1.54) is 0 Å². The zero-order valence-corrected chi connectivity index (χ0v) is 7.86. The van der Waals surface area contributed by atoms with Crippen LogP contribution >= 0.6 is 0 Å². The molecule has 3 heteroatoms. The molecule has 13 heavy (non-hydrogen) atoms. The molecule has 0 amide bonds. The normalized spacial score (nSPS) is 12.5. The van der Waals surface area contributed by atoms with E-state index in [0.29, 0.717) is 13.2 Å². The van der Waals surface area contributed by atoms with E-state index in [9.17, 15) is 0 Å². The third-order valence-corrected chi connectivity index (χ3v) is 1.77. The molecule has 0 aliphatic heterocycles. The van der Waals surface area contributed by atoms with Gasteiger partial charge in [-0.2, -0.15) is 0 Å². The SMILES string of the molecule is C[C@@H](N)c1cccc(OCCN)c1. The second-order valence-electron chi connectivity index (χ2n) is 3.00. The van der Waals surface area contributed by atoms with Gasteiger partial charge < -0.3 is 16.2 Å². The number of nitrogens with two attached hydrogens (primary N) is 2. The first-order valence-electron chi connectivity index (χ1n) is 4.42. The van der Waals surface area contributed by atoms with Gasteiger partial charge in [-0.1, -0.05) is 12.1 Å². The van der Waals surface area contributed by atoms with Crippen molar-refractivity contribution in [3.63, 3.8) is 0 Å². The average Bonchev–Trinajstić information content (AvgIpc) is 2.15.